The van der Waals surface area contributed by atoms with Crippen molar-refractivity contribution in [2.75, 3.05) is 0 Å². The van der Waals surface area contributed by atoms with E-state index >= 15 is 0 Å². The molecule has 1 aromatic carbocycles. The number of nitrogens with one attached hydrogen (secondary N) is 2. The highest BCUT2D eigenvalue weighted by molar-refractivity contribution is 6.30. The van der Waals surface area contributed by atoms with E-state index in [0.717, 1.165) is 10.6 Å². The summed E-state index contributed by atoms with van der Waals surface area (Å²) >= 11 is 5.82. The predicted octanol–water partition coefficient (Wildman–Crippen LogP) is 2.66. The van der Waals surface area contributed by atoms with Gasteiger partial charge in [0.05, 0.1) is 0 Å². The third-order valence-electron chi connectivity index (χ3n) is 3.36. The van der Waals surface area contributed by atoms with Gasteiger partial charge in [-0.05, 0) is 37.5 Å². The molecule has 1 aliphatic heterocycles. The number of imide groups is 1. The zero-order valence-corrected chi connectivity index (χ0v) is 14.5. The van der Waals surface area contributed by atoms with Crippen molar-refractivity contribution in [1.29, 1.82) is 0 Å². The number of rotatable bonds is 4. The summed E-state index contributed by atoms with van der Waals surface area (Å²) in [6.07, 6.45) is 1.03. The van der Waals surface area contributed by atoms with Crippen molar-refractivity contribution in [3.05, 3.63) is 34.9 Å². The van der Waals surface area contributed by atoms with E-state index in [0.29, 0.717) is 17.9 Å². The Kier molecular flexibility index (Phi) is 6.57. The minimum Gasteiger partial charge on any atom is -0.322 e. The van der Waals surface area contributed by atoms with Crippen molar-refractivity contribution in [2.24, 2.45) is 0 Å². The van der Waals surface area contributed by atoms with Crippen LogP contribution in [0.15, 0.2) is 24.3 Å². The van der Waals surface area contributed by atoms with Crippen LogP contribution < -0.4 is 10.7 Å². The molecule has 6 nitrogen and oxygen atoms in total. The number of benzene rings is 1. The topological polar surface area (TPSA) is 78.5 Å². The molecule has 1 fully saturated rings. The van der Waals surface area contributed by atoms with Crippen molar-refractivity contribution >= 4 is 29.4 Å². The van der Waals surface area contributed by atoms with Gasteiger partial charge < -0.3 is 5.32 Å². The van der Waals surface area contributed by atoms with Crippen molar-refractivity contribution in [3.8, 4) is 0 Å². The second-order valence-corrected chi connectivity index (χ2v) is 5.63. The molecule has 1 aromatic rings. The van der Waals surface area contributed by atoms with E-state index in [1.165, 1.54) is 6.92 Å². The van der Waals surface area contributed by atoms with E-state index in [1.807, 2.05) is 26.0 Å². The monoisotopic (exact) mass is 339 g/mol. The molecule has 0 bridgehead atoms. The van der Waals surface area contributed by atoms with Gasteiger partial charge in [0.1, 0.15) is 5.54 Å². The lowest BCUT2D eigenvalue weighted by atomic mass is 9.93. The van der Waals surface area contributed by atoms with Crippen LogP contribution in [0, 0.1) is 0 Å². The fourth-order valence-electron chi connectivity index (χ4n) is 2.16. The highest BCUT2D eigenvalue weighted by atomic mass is 35.5. The number of carbonyl (C=O) groups excluding carboxylic acids is 3. The number of urea groups is 1. The Morgan fingerprint density at radius 2 is 1.83 bits per heavy atom. The number of nitrogens with zero attached hydrogens (tertiary/aromatic N) is 1. The van der Waals surface area contributed by atoms with Gasteiger partial charge in [-0.25, -0.2) is 4.79 Å². The van der Waals surface area contributed by atoms with E-state index < -0.39 is 23.4 Å². The molecule has 2 N–H and O–H groups in total. The molecule has 1 aliphatic rings. The van der Waals surface area contributed by atoms with E-state index in [4.69, 9.17) is 11.6 Å². The van der Waals surface area contributed by atoms with Crippen LogP contribution in [0.4, 0.5) is 4.79 Å². The molecule has 23 heavy (non-hydrogen) atoms. The van der Waals surface area contributed by atoms with Gasteiger partial charge in [0, 0.05) is 11.9 Å². The van der Waals surface area contributed by atoms with Crippen LogP contribution in [0.1, 0.15) is 39.7 Å². The lowest BCUT2D eigenvalue weighted by Gasteiger charge is -2.21. The summed E-state index contributed by atoms with van der Waals surface area (Å²) in [5.74, 6) is -0.933. The van der Waals surface area contributed by atoms with Crippen LogP contribution in [0.25, 0.3) is 0 Å². The lowest BCUT2D eigenvalue weighted by Crippen LogP contribution is -2.48. The molecule has 2 rings (SSSR count). The molecular formula is C16H22ClN3O3. The summed E-state index contributed by atoms with van der Waals surface area (Å²) in [7, 11) is 0. The first-order chi connectivity index (χ1) is 10.8. The first kappa shape index (κ1) is 19.0. The molecule has 0 aromatic heterocycles. The van der Waals surface area contributed by atoms with Crippen LogP contribution >= 0.6 is 11.6 Å². The Balaban J connectivity index is 0.00000127. The Morgan fingerprint density at radius 3 is 2.35 bits per heavy atom. The highest BCUT2D eigenvalue weighted by Crippen LogP contribution is 2.22. The number of aryl methyl sites for hydroxylation is 1. The summed E-state index contributed by atoms with van der Waals surface area (Å²) in [6, 6.07) is 6.68. The molecular weight excluding hydrogens is 318 g/mol. The molecule has 1 heterocycles. The minimum atomic E-state index is -1.03. The Hall–Kier alpha value is -2.08. The summed E-state index contributed by atoms with van der Waals surface area (Å²) in [6.45, 7) is 6.88. The van der Waals surface area contributed by atoms with Gasteiger partial charge >= 0.3 is 6.03 Å². The largest absolute Gasteiger partial charge is 0.344 e. The molecule has 0 spiro atoms. The predicted molar refractivity (Wildman–Crippen MR) is 88.7 cm³/mol. The molecule has 0 saturated carbocycles. The van der Waals surface area contributed by atoms with Gasteiger partial charge in [-0.15, -0.1) is 0 Å². The zero-order valence-electron chi connectivity index (χ0n) is 13.8. The highest BCUT2D eigenvalue weighted by Gasteiger charge is 2.48. The summed E-state index contributed by atoms with van der Waals surface area (Å²) in [5, 5.41) is 3.99. The molecule has 126 valence electrons. The number of hydrogen-bond acceptors (Lipinski definition) is 3. The number of hydrazine groups is 1. The summed E-state index contributed by atoms with van der Waals surface area (Å²) in [4.78, 5) is 35.0. The fraction of sp³-hybridized carbons (Fsp3) is 0.438. The van der Waals surface area contributed by atoms with Crippen molar-refractivity contribution in [1.82, 2.24) is 15.8 Å². The van der Waals surface area contributed by atoms with Crippen LogP contribution in [0.3, 0.4) is 0 Å². The van der Waals surface area contributed by atoms with E-state index in [9.17, 15) is 14.4 Å². The molecule has 1 atom stereocenters. The average molecular weight is 340 g/mol. The first-order valence-electron chi connectivity index (χ1n) is 7.50. The van der Waals surface area contributed by atoms with Gasteiger partial charge in [0.2, 0.25) is 5.91 Å². The van der Waals surface area contributed by atoms with Gasteiger partial charge in [-0.1, -0.05) is 37.6 Å². The van der Waals surface area contributed by atoms with Crippen molar-refractivity contribution < 1.29 is 14.4 Å². The second kappa shape index (κ2) is 7.97. The number of hydrogen-bond donors (Lipinski definition) is 2. The molecule has 0 aliphatic carbocycles. The molecule has 1 unspecified atom stereocenters. The van der Waals surface area contributed by atoms with E-state index in [-0.39, 0.29) is 0 Å². The zero-order chi connectivity index (χ0) is 17.6. The maximum Gasteiger partial charge on any atom is 0.344 e. The van der Waals surface area contributed by atoms with Crippen LogP contribution in [0.5, 0.6) is 0 Å². The standard InChI is InChI=1S/C14H16ClN3O3.C2H6/c1-9(19)17-18-12(20)14(2,16-13(18)21)8-7-10-3-5-11(15)6-4-10;1-2/h3-6H,7-8H2,1-2H3,(H,16,21)(H,17,19);1-2H3. The summed E-state index contributed by atoms with van der Waals surface area (Å²) < 4.78 is 0. The second-order valence-electron chi connectivity index (χ2n) is 5.20. The molecule has 7 heteroatoms. The smallest absolute Gasteiger partial charge is 0.322 e. The number of amides is 4. The molecule has 0 radical (unpaired) electrons. The third kappa shape index (κ3) is 4.69. The minimum absolute atomic E-state index is 0.426. The van der Waals surface area contributed by atoms with Crippen molar-refractivity contribution in [2.45, 2.75) is 46.1 Å². The average Bonchev–Trinajstić information content (AvgIpc) is 2.72. The maximum absolute atomic E-state index is 12.3. The third-order valence-corrected chi connectivity index (χ3v) is 3.61. The normalized spacial score (nSPS) is 19.8. The van der Waals surface area contributed by atoms with Gasteiger partial charge in [-0.3, -0.25) is 15.0 Å². The quantitative estimate of drug-likeness (QED) is 0.828. The number of halogens is 1. The fourth-order valence-corrected chi connectivity index (χ4v) is 2.28. The van der Waals surface area contributed by atoms with Crippen LogP contribution in [-0.4, -0.2) is 28.4 Å². The Bertz CT molecular complexity index is 589. The molecule has 4 amide bonds. The Labute approximate surface area is 141 Å². The first-order valence-corrected chi connectivity index (χ1v) is 7.88. The van der Waals surface area contributed by atoms with Gasteiger partial charge in [0.15, 0.2) is 0 Å². The van der Waals surface area contributed by atoms with Gasteiger partial charge in [0.25, 0.3) is 5.91 Å². The van der Waals surface area contributed by atoms with Crippen LogP contribution in [0.2, 0.25) is 5.02 Å². The van der Waals surface area contributed by atoms with E-state index in [1.54, 1.807) is 19.1 Å². The summed E-state index contributed by atoms with van der Waals surface area (Å²) in [5.41, 5.74) is 2.20. The SMILES string of the molecule is CC.CC(=O)NN1C(=O)NC(C)(CCc2ccc(Cl)cc2)C1=O. The van der Waals surface area contributed by atoms with Gasteiger partial charge in [-0.2, -0.15) is 5.01 Å². The molecule has 1 saturated heterocycles. The number of carbonyl (C=O) groups is 3. The van der Waals surface area contributed by atoms with Crippen LogP contribution in [-0.2, 0) is 16.0 Å². The Morgan fingerprint density at radius 1 is 1.26 bits per heavy atom. The van der Waals surface area contributed by atoms with E-state index in [2.05, 4.69) is 10.7 Å². The lowest BCUT2D eigenvalue weighted by molar-refractivity contribution is -0.138. The van der Waals surface area contributed by atoms with Crippen molar-refractivity contribution in [3.63, 3.8) is 0 Å². The maximum atomic E-state index is 12.3.